The van der Waals surface area contributed by atoms with Crippen molar-refractivity contribution < 1.29 is 24.2 Å². The third-order valence-electron chi connectivity index (χ3n) is 3.39. The Morgan fingerprint density at radius 3 is 2.60 bits per heavy atom. The molecule has 2 heterocycles. The molecule has 0 saturated carbocycles. The Morgan fingerprint density at radius 1 is 1.35 bits per heavy atom. The number of rotatable bonds is 5. The molecule has 112 valence electrons. The molecule has 0 spiro atoms. The Balaban J connectivity index is 1.71. The zero-order valence-electron chi connectivity index (χ0n) is 11.1. The number of carbonyl (C=O) groups is 3. The fraction of sp³-hybridized carbons (Fsp3) is 0.750. The van der Waals surface area contributed by atoms with Crippen LogP contribution in [0.1, 0.15) is 12.8 Å². The number of carboxylic acid groups (broad SMARTS) is 1. The molecule has 0 atom stereocenters. The lowest BCUT2D eigenvalue weighted by atomic mass is 10.1. The third-order valence-corrected chi connectivity index (χ3v) is 4.33. The van der Waals surface area contributed by atoms with Crippen molar-refractivity contribution in [2.75, 3.05) is 37.9 Å². The average molecular weight is 302 g/mol. The minimum atomic E-state index is -0.978. The standard InChI is InChI=1S/C12H18N2O5S/c15-10(5-14-8-20-7-11(14)16)13-3-1-9(2-4-13)19-6-12(17)18/h9H,1-8H2,(H,17,18). The molecule has 2 aliphatic rings. The SMILES string of the molecule is O=C(O)COC1CCN(C(=O)CN2CSCC2=O)CC1. The van der Waals surface area contributed by atoms with Crippen LogP contribution in [0.5, 0.6) is 0 Å². The number of piperidine rings is 1. The summed E-state index contributed by atoms with van der Waals surface area (Å²) in [4.78, 5) is 37.2. The van der Waals surface area contributed by atoms with Gasteiger partial charge in [0, 0.05) is 13.1 Å². The predicted octanol–water partition coefficient (Wildman–Crippen LogP) is -0.389. The lowest BCUT2D eigenvalue weighted by molar-refractivity contribution is -0.147. The van der Waals surface area contributed by atoms with Gasteiger partial charge in [0.05, 0.1) is 17.7 Å². The van der Waals surface area contributed by atoms with Gasteiger partial charge >= 0.3 is 5.97 Å². The molecule has 0 aromatic carbocycles. The molecule has 2 fully saturated rings. The largest absolute Gasteiger partial charge is 0.480 e. The van der Waals surface area contributed by atoms with Crippen molar-refractivity contribution in [3.8, 4) is 0 Å². The minimum Gasteiger partial charge on any atom is -0.480 e. The predicted molar refractivity (Wildman–Crippen MR) is 72.2 cm³/mol. The van der Waals surface area contributed by atoms with E-state index in [1.165, 1.54) is 11.8 Å². The maximum Gasteiger partial charge on any atom is 0.329 e. The van der Waals surface area contributed by atoms with Gasteiger partial charge in [0.2, 0.25) is 11.8 Å². The van der Waals surface area contributed by atoms with Crippen LogP contribution < -0.4 is 0 Å². The van der Waals surface area contributed by atoms with Crippen LogP contribution in [0.3, 0.4) is 0 Å². The van der Waals surface area contributed by atoms with Gasteiger partial charge in [-0.15, -0.1) is 11.8 Å². The highest BCUT2D eigenvalue weighted by Gasteiger charge is 2.28. The van der Waals surface area contributed by atoms with E-state index in [2.05, 4.69) is 0 Å². The second kappa shape index (κ2) is 6.94. The molecule has 0 aromatic heterocycles. The van der Waals surface area contributed by atoms with E-state index in [-0.39, 0.29) is 31.1 Å². The molecule has 20 heavy (non-hydrogen) atoms. The Bertz CT molecular complexity index is 395. The van der Waals surface area contributed by atoms with Crippen LogP contribution in [-0.4, -0.2) is 76.7 Å². The first-order valence-electron chi connectivity index (χ1n) is 6.53. The maximum atomic E-state index is 12.1. The highest BCUT2D eigenvalue weighted by atomic mass is 32.2. The monoisotopic (exact) mass is 302 g/mol. The van der Waals surface area contributed by atoms with Crippen LogP contribution in [0.25, 0.3) is 0 Å². The molecular formula is C12H18N2O5S. The number of hydrogen-bond acceptors (Lipinski definition) is 5. The summed E-state index contributed by atoms with van der Waals surface area (Å²) in [6, 6.07) is 0. The summed E-state index contributed by atoms with van der Waals surface area (Å²) in [7, 11) is 0. The summed E-state index contributed by atoms with van der Waals surface area (Å²) in [5.41, 5.74) is 0. The zero-order chi connectivity index (χ0) is 14.5. The number of carboxylic acids is 1. The van der Waals surface area contributed by atoms with Crippen molar-refractivity contribution in [1.29, 1.82) is 0 Å². The van der Waals surface area contributed by atoms with Crippen molar-refractivity contribution >= 4 is 29.5 Å². The molecule has 2 rings (SSSR count). The molecule has 0 aromatic rings. The number of amides is 2. The van der Waals surface area contributed by atoms with E-state index in [1.807, 2.05) is 0 Å². The second-order valence-corrected chi connectivity index (χ2v) is 5.81. The number of aliphatic carboxylic acids is 1. The van der Waals surface area contributed by atoms with Gasteiger partial charge in [-0.2, -0.15) is 0 Å². The molecule has 2 saturated heterocycles. The summed E-state index contributed by atoms with van der Waals surface area (Å²) in [5.74, 6) is 0.0374. The van der Waals surface area contributed by atoms with Crippen molar-refractivity contribution in [2.24, 2.45) is 0 Å². The lowest BCUT2D eigenvalue weighted by Gasteiger charge is -2.32. The number of likely N-dealkylation sites (tertiary alicyclic amines) is 1. The van der Waals surface area contributed by atoms with E-state index < -0.39 is 5.97 Å². The van der Waals surface area contributed by atoms with Gasteiger partial charge in [0.25, 0.3) is 0 Å². The Kier molecular flexibility index (Phi) is 5.24. The quantitative estimate of drug-likeness (QED) is 0.744. The maximum absolute atomic E-state index is 12.1. The van der Waals surface area contributed by atoms with Crippen molar-refractivity contribution in [2.45, 2.75) is 18.9 Å². The van der Waals surface area contributed by atoms with Gasteiger partial charge in [-0.3, -0.25) is 9.59 Å². The third kappa shape index (κ3) is 4.11. The molecule has 2 amide bonds. The van der Waals surface area contributed by atoms with Crippen LogP contribution in [0.4, 0.5) is 0 Å². The Labute approximate surface area is 121 Å². The second-order valence-electron chi connectivity index (χ2n) is 4.85. The molecule has 8 heteroatoms. The van der Waals surface area contributed by atoms with Gasteiger partial charge in [-0.1, -0.05) is 0 Å². The van der Waals surface area contributed by atoms with Crippen molar-refractivity contribution in [3.05, 3.63) is 0 Å². The summed E-state index contributed by atoms with van der Waals surface area (Å²) >= 11 is 1.52. The van der Waals surface area contributed by atoms with Crippen LogP contribution >= 0.6 is 11.8 Å². The normalized spacial score (nSPS) is 20.5. The molecule has 0 bridgehead atoms. The molecule has 7 nitrogen and oxygen atoms in total. The van der Waals surface area contributed by atoms with E-state index in [1.54, 1.807) is 9.80 Å². The van der Waals surface area contributed by atoms with Crippen LogP contribution in [0.2, 0.25) is 0 Å². The van der Waals surface area contributed by atoms with Crippen LogP contribution in [0.15, 0.2) is 0 Å². The summed E-state index contributed by atoms with van der Waals surface area (Å²) < 4.78 is 5.22. The Morgan fingerprint density at radius 2 is 2.05 bits per heavy atom. The smallest absolute Gasteiger partial charge is 0.329 e. The fourth-order valence-corrected chi connectivity index (χ4v) is 3.17. The molecule has 0 radical (unpaired) electrons. The van der Waals surface area contributed by atoms with E-state index >= 15 is 0 Å². The summed E-state index contributed by atoms with van der Waals surface area (Å²) in [6.45, 7) is 0.960. The van der Waals surface area contributed by atoms with Crippen molar-refractivity contribution in [1.82, 2.24) is 9.80 Å². The van der Waals surface area contributed by atoms with Gasteiger partial charge in [0.1, 0.15) is 13.2 Å². The molecule has 2 aliphatic heterocycles. The van der Waals surface area contributed by atoms with Crippen LogP contribution in [0, 0.1) is 0 Å². The number of carbonyl (C=O) groups excluding carboxylic acids is 2. The number of nitrogens with zero attached hydrogens (tertiary/aromatic N) is 2. The number of thioether (sulfide) groups is 1. The lowest BCUT2D eigenvalue weighted by Crippen LogP contribution is -2.46. The van der Waals surface area contributed by atoms with Crippen molar-refractivity contribution in [3.63, 3.8) is 0 Å². The highest BCUT2D eigenvalue weighted by Crippen LogP contribution is 2.17. The van der Waals surface area contributed by atoms with Gasteiger partial charge in [-0.25, -0.2) is 4.79 Å². The molecule has 1 N–H and O–H groups in total. The first kappa shape index (κ1) is 15.1. The minimum absolute atomic E-state index is 0.0167. The Hall–Kier alpha value is -1.28. The zero-order valence-corrected chi connectivity index (χ0v) is 11.9. The first-order valence-corrected chi connectivity index (χ1v) is 7.68. The molecule has 0 unspecified atom stereocenters. The molecular weight excluding hydrogens is 284 g/mol. The fourth-order valence-electron chi connectivity index (χ4n) is 2.26. The van der Waals surface area contributed by atoms with E-state index in [0.717, 1.165) is 0 Å². The van der Waals surface area contributed by atoms with E-state index in [0.29, 0.717) is 37.6 Å². The van der Waals surface area contributed by atoms with Gasteiger partial charge in [-0.05, 0) is 12.8 Å². The highest BCUT2D eigenvalue weighted by molar-refractivity contribution is 8.00. The average Bonchev–Trinajstić information content (AvgIpc) is 2.82. The summed E-state index contributed by atoms with van der Waals surface area (Å²) in [6.07, 6.45) is 1.18. The molecule has 0 aliphatic carbocycles. The number of ether oxygens (including phenoxy) is 1. The van der Waals surface area contributed by atoms with E-state index in [4.69, 9.17) is 9.84 Å². The van der Waals surface area contributed by atoms with Gasteiger partial charge < -0.3 is 19.6 Å². The topological polar surface area (TPSA) is 87.2 Å². The van der Waals surface area contributed by atoms with Crippen LogP contribution in [-0.2, 0) is 19.1 Å². The van der Waals surface area contributed by atoms with Gasteiger partial charge in [0.15, 0.2) is 0 Å². The van der Waals surface area contributed by atoms with E-state index in [9.17, 15) is 14.4 Å². The first-order chi connectivity index (χ1) is 9.56. The number of hydrogen-bond donors (Lipinski definition) is 1. The summed E-state index contributed by atoms with van der Waals surface area (Å²) in [5, 5.41) is 8.54.